The summed E-state index contributed by atoms with van der Waals surface area (Å²) in [6, 6.07) is 0. The zero-order valence-corrected chi connectivity index (χ0v) is 5.70. The summed E-state index contributed by atoms with van der Waals surface area (Å²) in [6.07, 6.45) is 0.818. The molecule has 1 N–H and O–H groups in total. The van der Waals surface area contributed by atoms with Crippen LogP contribution < -0.4 is 0 Å². The molecule has 1 unspecified atom stereocenters. The number of amides is 2. The molecule has 0 aliphatic carbocycles. The molecule has 2 amide bonds. The summed E-state index contributed by atoms with van der Waals surface area (Å²) in [7, 11) is 0. The summed E-state index contributed by atoms with van der Waals surface area (Å²) in [5.41, 5.74) is 0. The summed E-state index contributed by atoms with van der Waals surface area (Å²) in [6.45, 7) is 1.69. The lowest BCUT2D eigenvalue weighted by molar-refractivity contribution is -0.186. The normalized spacial score (nSPS) is 27.4. The molecule has 1 saturated heterocycles. The minimum absolute atomic E-state index is 0.216. The molecule has 0 bridgehead atoms. The molecule has 1 aliphatic heterocycles. The Kier molecular flexibility index (Phi) is 1.72. The Bertz CT molecular complexity index is 178. The van der Waals surface area contributed by atoms with Gasteiger partial charge in [-0.05, 0) is 6.42 Å². The summed E-state index contributed by atoms with van der Waals surface area (Å²) in [5.74, 6) is -1.21. The van der Waals surface area contributed by atoms with E-state index in [1.54, 1.807) is 6.92 Å². The second-order valence-corrected chi connectivity index (χ2v) is 2.48. The van der Waals surface area contributed by atoms with Crippen molar-refractivity contribution in [3.8, 4) is 0 Å². The fraction of sp³-hybridized carbons (Fsp3) is 0.667. The minimum Gasteiger partial charge on any atom is -0.279 e. The van der Waals surface area contributed by atoms with Crippen molar-refractivity contribution >= 4 is 11.8 Å². The van der Waals surface area contributed by atoms with Crippen molar-refractivity contribution in [1.29, 1.82) is 0 Å². The van der Waals surface area contributed by atoms with Gasteiger partial charge in [0, 0.05) is 12.3 Å². The van der Waals surface area contributed by atoms with E-state index in [-0.39, 0.29) is 17.4 Å². The van der Waals surface area contributed by atoms with Crippen LogP contribution in [0, 0.1) is 5.92 Å². The van der Waals surface area contributed by atoms with Crippen LogP contribution in [0.15, 0.2) is 0 Å². The Morgan fingerprint density at radius 3 is 2.70 bits per heavy atom. The summed E-state index contributed by atoms with van der Waals surface area (Å²) in [5, 5.41) is 8.97. The first-order valence-electron chi connectivity index (χ1n) is 3.18. The predicted octanol–water partition coefficient (Wildman–Crippen LogP) is 0.161. The fourth-order valence-electron chi connectivity index (χ4n) is 0.901. The number of carbonyl (C=O) groups is 2. The second kappa shape index (κ2) is 2.38. The van der Waals surface area contributed by atoms with Gasteiger partial charge >= 0.3 is 0 Å². The maximum absolute atomic E-state index is 10.8. The smallest absolute Gasteiger partial charge is 0.256 e. The van der Waals surface area contributed by atoms with Crippen LogP contribution in [0.4, 0.5) is 0 Å². The fourth-order valence-corrected chi connectivity index (χ4v) is 0.901. The van der Waals surface area contributed by atoms with Crippen molar-refractivity contribution in [3.63, 3.8) is 0 Å². The van der Waals surface area contributed by atoms with E-state index in [0.717, 1.165) is 0 Å². The average Bonchev–Trinajstić information content (AvgIpc) is 1.93. The zero-order valence-electron chi connectivity index (χ0n) is 5.70. The molecule has 1 atom stereocenters. The quantitative estimate of drug-likeness (QED) is 0.388. The molecule has 1 heterocycles. The molecule has 0 aromatic heterocycles. The van der Waals surface area contributed by atoms with E-state index in [4.69, 9.17) is 5.21 Å². The number of hydrogen-bond donors (Lipinski definition) is 1. The molecule has 0 aromatic rings. The number of hydroxylamine groups is 2. The van der Waals surface area contributed by atoms with Crippen molar-refractivity contribution in [1.82, 2.24) is 5.06 Å². The van der Waals surface area contributed by atoms with Crippen molar-refractivity contribution in [2.75, 3.05) is 0 Å². The monoisotopic (exact) mass is 143 g/mol. The predicted molar refractivity (Wildman–Crippen MR) is 32.0 cm³/mol. The SMILES string of the molecule is CC1CCC(=O)N(O)C1=O. The van der Waals surface area contributed by atoms with Crippen LogP contribution in [-0.4, -0.2) is 22.1 Å². The third kappa shape index (κ3) is 1.02. The molecule has 0 aromatic carbocycles. The van der Waals surface area contributed by atoms with Gasteiger partial charge in [0.1, 0.15) is 0 Å². The first-order valence-corrected chi connectivity index (χ1v) is 3.18. The highest BCUT2D eigenvalue weighted by molar-refractivity contribution is 5.96. The van der Waals surface area contributed by atoms with Crippen LogP contribution in [0.25, 0.3) is 0 Å². The third-order valence-corrected chi connectivity index (χ3v) is 1.66. The van der Waals surface area contributed by atoms with Gasteiger partial charge in [-0.3, -0.25) is 14.8 Å². The lowest BCUT2D eigenvalue weighted by Gasteiger charge is -2.22. The Morgan fingerprint density at radius 1 is 1.60 bits per heavy atom. The van der Waals surface area contributed by atoms with Gasteiger partial charge in [0.05, 0.1) is 0 Å². The van der Waals surface area contributed by atoms with Crippen LogP contribution in [0.3, 0.4) is 0 Å². The Labute approximate surface area is 58.4 Å². The van der Waals surface area contributed by atoms with E-state index in [9.17, 15) is 9.59 Å². The molecular weight excluding hydrogens is 134 g/mol. The maximum Gasteiger partial charge on any atom is 0.256 e. The molecule has 4 heteroatoms. The molecule has 4 nitrogen and oxygen atoms in total. The number of piperidine rings is 1. The van der Waals surface area contributed by atoms with E-state index >= 15 is 0 Å². The minimum atomic E-state index is -0.497. The van der Waals surface area contributed by atoms with Crippen LogP contribution in [0.2, 0.25) is 0 Å². The number of imide groups is 1. The topological polar surface area (TPSA) is 57.6 Å². The van der Waals surface area contributed by atoms with Crippen molar-refractivity contribution in [2.24, 2.45) is 5.92 Å². The second-order valence-electron chi connectivity index (χ2n) is 2.48. The largest absolute Gasteiger partial charge is 0.279 e. The van der Waals surface area contributed by atoms with Gasteiger partial charge in [-0.25, -0.2) is 0 Å². The van der Waals surface area contributed by atoms with Gasteiger partial charge in [0.25, 0.3) is 11.8 Å². The highest BCUT2D eigenvalue weighted by atomic mass is 16.5. The number of nitrogens with zero attached hydrogens (tertiary/aromatic N) is 1. The van der Waals surface area contributed by atoms with Crippen molar-refractivity contribution in [2.45, 2.75) is 19.8 Å². The molecular formula is C6H9NO3. The number of hydrogen-bond acceptors (Lipinski definition) is 3. The first-order chi connectivity index (χ1) is 4.63. The highest BCUT2D eigenvalue weighted by Gasteiger charge is 2.30. The standard InChI is InChI=1S/C6H9NO3/c1-4-2-3-5(8)7(10)6(4)9/h4,10H,2-3H2,1H3. The third-order valence-electron chi connectivity index (χ3n) is 1.66. The van der Waals surface area contributed by atoms with E-state index in [0.29, 0.717) is 6.42 Å². The van der Waals surface area contributed by atoms with Crippen molar-refractivity contribution in [3.05, 3.63) is 0 Å². The van der Waals surface area contributed by atoms with Gasteiger partial charge in [-0.1, -0.05) is 6.92 Å². The van der Waals surface area contributed by atoms with E-state index in [1.165, 1.54) is 0 Å². The van der Waals surface area contributed by atoms with E-state index < -0.39 is 11.8 Å². The highest BCUT2D eigenvalue weighted by Crippen LogP contribution is 2.15. The molecule has 0 radical (unpaired) electrons. The summed E-state index contributed by atoms with van der Waals surface area (Å²) < 4.78 is 0. The molecule has 0 saturated carbocycles. The molecule has 1 fully saturated rings. The molecule has 10 heavy (non-hydrogen) atoms. The van der Waals surface area contributed by atoms with Gasteiger partial charge in [-0.15, -0.1) is 0 Å². The van der Waals surface area contributed by atoms with Crippen LogP contribution in [0.5, 0.6) is 0 Å². The Balaban J connectivity index is 2.70. The van der Waals surface area contributed by atoms with Gasteiger partial charge in [0.2, 0.25) is 0 Å². The summed E-state index contributed by atoms with van der Waals surface area (Å²) >= 11 is 0. The average molecular weight is 143 g/mol. The van der Waals surface area contributed by atoms with Gasteiger partial charge < -0.3 is 0 Å². The van der Waals surface area contributed by atoms with Crippen LogP contribution >= 0.6 is 0 Å². The lowest BCUT2D eigenvalue weighted by atomic mass is 10.0. The molecule has 1 rings (SSSR count). The zero-order chi connectivity index (χ0) is 7.72. The van der Waals surface area contributed by atoms with E-state index in [1.807, 2.05) is 0 Å². The van der Waals surface area contributed by atoms with Crippen molar-refractivity contribution < 1.29 is 14.8 Å². The molecule has 56 valence electrons. The lowest BCUT2D eigenvalue weighted by Crippen LogP contribution is -2.41. The van der Waals surface area contributed by atoms with Crippen LogP contribution in [-0.2, 0) is 9.59 Å². The maximum atomic E-state index is 10.8. The molecule has 1 aliphatic rings. The van der Waals surface area contributed by atoms with Gasteiger partial charge in [0.15, 0.2) is 0 Å². The first kappa shape index (κ1) is 7.21. The summed E-state index contributed by atoms with van der Waals surface area (Å²) in [4.78, 5) is 21.4. The molecule has 0 spiro atoms. The Hall–Kier alpha value is -0.900. The number of carbonyl (C=O) groups excluding carboxylic acids is 2. The van der Waals surface area contributed by atoms with Gasteiger partial charge in [-0.2, -0.15) is 5.06 Å². The Morgan fingerprint density at radius 2 is 2.20 bits per heavy atom. The van der Waals surface area contributed by atoms with E-state index in [2.05, 4.69) is 0 Å². The number of rotatable bonds is 0. The van der Waals surface area contributed by atoms with Crippen LogP contribution in [0.1, 0.15) is 19.8 Å².